The van der Waals surface area contributed by atoms with E-state index in [4.69, 9.17) is 4.42 Å². The first-order valence-corrected chi connectivity index (χ1v) is 9.22. The summed E-state index contributed by atoms with van der Waals surface area (Å²) in [6.07, 6.45) is 0. The SMILES string of the molecule is Cc1ccc(C)c(NC(=O)CN(C)C(=O)c2ccc(-c3ccc([N+](=O)[O-])cc3)o2)c1. The maximum atomic E-state index is 12.6. The predicted molar refractivity (Wildman–Crippen MR) is 112 cm³/mol. The minimum Gasteiger partial charge on any atom is -0.451 e. The largest absolute Gasteiger partial charge is 0.451 e. The number of nitro benzene ring substituents is 1. The summed E-state index contributed by atoms with van der Waals surface area (Å²) in [4.78, 5) is 36.5. The first-order valence-electron chi connectivity index (χ1n) is 9.22. The number of nitrogens with zero attached hydrogens (tertiary/aromatic N) is 2. The van der Waals surface area contributed by atoms with Crippen LogP contribution in [0.4, 0.5) is 11.4 Å². The number of non-ortho nitro benzene ring substituents is 1. The van der Waals surface area contributed by atoms with Gasteiger partial charge in [0, 0.05) is 30.4 Å². The van der Waals surface area contributed by atoms with Crippen LogP contribution in [0.1, 0.15) is 21.7 Å². The second kappa shape index (κ2) is 8.60. The number of hydrogen-bond donors (Lipinski definition) is 1. The van der Waals surface area contributed by atoms with Crippen LogP contribution in [0.2, 0.25) is 0 Å². The molecule has 0 saturated carbocycles. The van der Waals surface area contributed by atoms with Crippen molar-refractivity contribution in [3.63, 3.8) is 0 Å². The molecular formula is C22H21N3O5. The van der Waals surface area contributed by atoms with Gasteiger partial charge in [0.25, 0.3) is 11.6 Å². The molecule has 8 heteroatoms. The Morgan fingerprint density at radius 3 is 2.43 bits per heavy atom. The number of aryl methyl sites for hydroxylation is 2. The molecule has 1 aromatic heterocycles. The number of carbonyl (C=O) groups is 2. The average molecular weight is 407 g/mol. The van der Waals surface area contributed by atoms with Crippen molar-refractivity contribution in [3.8, 4) is 11.3 Å². The fourth-order valence-corrected chi connectivity index (χ4v) is 2.89. The lowest BCUT2D eigenvalue weighted by atomic mass is 10.1. The van der Waals surface area contributed by atoms with Crippen molar-refractivity contribution < 1.29 is 18.9 Å². The number of likely N-dealkylation sites (N-methyl/N-ethyl adjacent to an activating group) is 1. The number of nitro groups is 1. The van der Waals surface area contributed by atoms with Crippen LogP contribution in [-0.2, 0) is 4.79 Å². The number of amides is 2. The molecule has 1 N–H and O–H groups in total. The maximum Gasteiger partial charge on any atom is 0.289 e. The van der Waals surface area contributed by atoms with E-state index in [9.17, 15) is 19.7 Å². The predicted octanol–water partition coefficient (Wildman–Crippen LogP) is 4.18. The normalized spacial score (nSPS) is 10.5. The number of carbonyl (C=O) groups excluding carboxylic acids is 2. The van der Waals surface area contributed by atoms with E-state index < -0.39 is 10.8 Å². The van der Waals surface area contributed by atoms with E-state index in [0.717, 1.165) is 11.1 Å². The Bertz CT molecular complexity index is 1100. The summed E-state index contributed by atoms with van der Waals surface area (Å²) in [6, 6.07) is 14.7. The molecule has 0 spiro atoms. The molecule has 0 fully saturated rings. The molecule has 3 rings (SSSR count). The third-order valence-electron chi connectivity index (χ3n) is 4.57. The lowest BCUT2D eigenvalue weighted by Gasteiger charge is -2.16. The van der Waals surface area contributed by atoms with Gasteiger partial charge in [-0.2, -0.15) is 0 Å². The van der Waals surface area contributed by atoms with Crippen molar-refractivity contribution >= 4 is 23.2 Å². The van der Waals surface area contributed by atoms with E-state index in [0.29, 0.717) is 17.0 Å². The molecule has 154 valence electrons. The Labute approximate surface area is 173 Å². The molecule has 0 atom stereocenters. The van der Waals surface area contributed by atoms with Crippen molar-refractivity contribution in [2.75, 3.05) is 18.9 Å². The summed E-state index contributed by atoms with van der Waals surface area (Å²) in [5.41, 5.74) is 3.24. The second-order valence-corrected chi connectivity index (χ2v) is 7.00. The molecule has 1 heterocycles. The van der Waals surface area contributed by atoms with Gasteiger partial charge in [-0.1, -0.05) is 12.1 Å². The smallest absolute Gasteiger partial charge is 0.289 e. The highest BCUT2D eigenvalue weighted by molar-refractivity contribution is 5.98. The standard InChI is InChI=1S/C22H21N3O5/c1-14-4-5-15(2)18(12-14)23-21(26)13-24(3)22(27)20-11-10-19(30-20)16-6-8-17(9-7-16)25(28)29/h4-12H,13H2,1-3H3,(H,23,26). The number of hydrogen-bond acceptors (Lipinski definition) is 5. The number of furan rings is 1. The van der Waals surface area contributed by atoms with E-state index in [1.807, 2.05) is 32.0 Å². The zero-order valence-corrected chi connectivity index (χ0v) is 16.8. The van der Waals surface area contributed by atoms with E-state index in [1.165, 1.54) is 30.1 Å². The third-order valence-corrected chi connectivity index (χ3v) is 4.57. The molecule has 0 bridgehead atoms. The van der Waals surface area contributed by atoms with Gasteiger partial charge >= 0.3 is 0 Å². The van der Waals surface area contributed by atoms with Crippen LogP contribution in [0.5, 0.6) is 0 Å². The highest BCUT2D eigenvalue weighted by atomic mass is 16.6. The summed E-state index contributed by atoms with van der Waals surface area (Å²) in [6.45, 7) is 3.69. The first kappa shape index (κ1) is 20.8. The van der Waals surface area contributed by atoms with Crippen molar-refractivity contribution in [2.24, 2.45) is 0 Å². The molecule has 0 radical (unpaired) electrons. The summed E-state index contributed by atoms with van der Waals surface area (Å²) in [5.74, 6) is -0.284. The van der Waals surface area contributed by atoms with Crippen molar-refractivity contribution in [2.45, 2.75) is 13.8 Å². The van der Waals surface area contributed by atoms with E-state index >= 15 is 0 Å². The van der Waals surface area contributed by atoms with Crippen LogP contribution in [0.25, 0.3) is 11.3 Å². The van der Waals surface area contributed by atoms with Gasteiger partial charge in [-0.15, -0.1) is 0 Å². The Morgan fingerprint density at radius 1 is 1.07 bits per heavy atom. The van der Waals surface area contributed by atoms with Crippen LogP contribution in [0.3, 0.4) is 0 Å². The number of benzene rings is 2. The Hall–Kier alpha value is -3.94. The highest BCUT2D eigenvalue weighted by Gasteiger charge is 2.19. The lowest BCUT2D eigenvalue weighted by molar-refractivity contribution is -0.384. The molecule has 2 amide bonds. The summed E-state index contributed by atoms with van der Waals surface area (Å²) in [7, 11) is 1.51. The topological polar surface area (TPSA) is 106 Å². The summed E-state index contributed by atoms with van der Waals surface area (Å²) < 4.78 is 5.59. The van der Waals surface area contributed by atoms with Crippen molar-refractivity contribution in [3.05, 3.63) is 81.6 Å². The van der Waals surface area contributed by atoms with Crippen LogP contribution in [0.15, 0.2) is 59.0 Å². The van der Waals surface area contributed by atoms with Gasteiger partial charge in [-0.3, -0.25) is 19.7 Å². The van der Waals surface area contributed by atoms with Gasteiger partial charge in [-0.05, 0) is 55.3 Å². The fraction of sp³-hybridized carbons (Fsp3) is 0.182. The lowest BCUT2D eigenvalue weighted by Crippen LogP contribution is -2.34. The fourth-order valence-electron chi connectivity index (χ4n) is 2.89. The molecule has 2 aromatic carbocycles. The maximum absolute atomic E-state index is 12.6. The quantitative estimate of drug-likeness (QED) is 0.487. The Balaban J connectivity index is 1.65. The van der Waals surface area contributed by atoms with Crippen LogP contribution in [0, 0.1) is 24.0 Å². The van der Waals surface area contributed by atoms with Gasteiger partial charge in [0.05, 0.1) is 11.5 Å². The van der Waals surface area contributed by atoms with Gasteiger partial charge in [0.15, 0.2) is 5.76 Å². The zero-order valence-electron chi connectivity index (χ0n) is 16.8. The minimum absolute atomic E-state index is 0.0313. The highest BCUT2D eigenvalue weighted by Crippen LogP contribution is 2.25. The monoisotopic (exact) mass is 407 g/mol. The molecule has 0 unspecified atom stereocenters. The van der Waals surface area contributed by atoms with Crippen molar-refractivity contribution in [1.82, 2.24) is 4.90 Å². The number of anilines is 1. The van der Waals surface area contributed by atoms with E-state index in [2.05, 4.69) is 5.32 Å². The van der Waals surface area contributed by atoms with Gasteiger partial charge in [0.1, 0.15) is 5.76 Å². The molecular weight excluding hydrogens is 386 g/mol. The van der Waals surface area contributed by atoms with Gasteiger partial charge in [0.2, 0.25) is 5.91 Å². The molecule has 0 aliphatic heterocycles. The zero-order chi connectivity index (χ0) is 21.8. The second-order valence-electron chi connectivity index (χ2n) is 7.00. The van der Waals surface area contributed by atoms with Crippen molar-refractivity contribution in [1.29, 1.82) is 0 Å². The Kier molecular flexibility index (Phi) is 5.96. The van der Waals surface area contributed by atoms with Crippen LogP contribution in [-0.4, -0.2) is 35.2 Å². The summed E-state index contributed by atoms with van der Waals surface area (Å²) in [5, 5.41) is 13.6. The van der Waals surface area contributed by atoms with E-state index in [1.54, 1.807) is 18.2 Å². The molecule has 3 aromatic rings. The number of rotatable bonds is 6. The molecule has 0 saturated heterocycles. The average Bonchev–Trinajstić information content (AvgIpc) is 3.20. The molecule has 8 nitrogen and oxygen atoms in total. The van der Waals surface area contributed by atoms with Gasteiger partial charge in [-0.25, -0.2) is 0 Å². The third kappa shape index (κ3) is 4.72. The molecule has 30 heavy (non-hydrogen) atoms. The summed E-state index contributed by atoms with van der Waals surface area (Å²) >= 11 is 0. The van der Waals surface area contributed by atoms with E-state index in [-0.39, 0.29) is 23.9 Å². The molecule has 0 aliphatic carbocycles. The first-order chi connectivity index (χ1) is 14.2. The number of nitrogens with one attached hydrogen (secondary N) is 1. The molecule has 0 aliphatic rings. The van der Waals surface area contributed by atoms with Crippen LogP contribution >= 0.6 is 0 Å². The van der Waals surface area contributed by atoms with Crippen LogP contribution < -0.4 is 5.32 Å². The Morgan fingerprint density at radius 2 is 1.77 bits per heavy atom. The minimum atomic E-state index is -0.487. The van der Waals surface area contributed by atoms with Gasteiger partial charge < -0.3 is 14.6 Å².